The molecule has 1 unspecified atom stereocenters. The first kappa shape index (κ1) is 14.1. The highest BCUT2D eigenvalue weighted by Gasteiger charge is 2.27. The van der Waals surface area contributed by atoms with Gasteiger partial charge in [-0.3, -0.25) is 4.68 Å². The van der Waals surface area contributed by atoms with E-state index >= 15 is 0 Å². The zero-order valence-electron chi connectivity index (χ0n) is 12.6. The number of hydrogen-bond donors (Lipinski definition) is 1. The minimum absolute atomic E-state index is 0.536. The lowest BCUT2D eigenvalue weighted by atomic mass is 9.83. The van der Waals surface area contributed by atoms with Crippen molar-refractivity contribution < 1.29 is 4.74 Å². The second-order valence-corrected chi connectivity index (χ2v) is 5.70. The summed E-state index contributed by atoms with van der Waals surface area (Å²) in [5.74, 6) is 1.44. The molecule has 2 aromatic rings. The topological polar surface area (TPSA) is 53.1 Å². The number of aryl methyl sites for hydroxylation is 1. The first-order chi connectivity index (χ1) is 10.3. The van der Waals surface area contributed by atoms with Crippen LogP contribution in [0.1, 0.15) is 42.1 Å². The highest BCUT2D eigenvalue weighted by atomic mass is 16.5. The third kappa shape index (κ3) is 2.95. The summed E-state index contributed by atoms with van der Waals surface area (Å²) in [5.41, 5.74) is 9.62. The Labute approximate surface area is 125 Å². The zero-order valence-corrected chi connectivity index (χ0v) is 12.6. The van der Waals surface area contributed by atoms with Crippen LogP contribution in [0.2, 0.25) is 0 Å². The van der Waals surface area contributed by atoms with Crippen molar-refractivity contribution in [2.24, 2.45) is 12.8 Å². The Balaban J connectivity index is 1.82. The van der Waals surface area contributed by atoms with Gasteiger partial charge in [-0.05, 0) is 50.3 Å². The average molecular weight is 285 g/mol. The Bertz CT molecular complexity index is 592. The third-order valence-electron chi connectivity index (χ3n) is 4.29. The summed E-state index contributed by atoms with van der Waals surface area (Å²) >= 11 is 0. The van der Waals surface area contributed by atoms with Crippen LogP contribution in [0.15, 0.2) is 30.3 Å². The molecule has 1 aliphatic carbocycles. The molecule has 1 aromatic carbocycles. The van der Waals surface area contributed by atoms with Gasteiger partial charge in [0, 0.05) is 18.3 Å². The van der Waals surface area contributed by atoms with Crippen molar-refractivity contribution in [3.63, 3.8) is 0 Å². The zero-order chi connectivity index (χ0) is 14.7. The maximum Gasteiger partial charge on any atom is 0.132 e. The van der Waals surface area contributed by atoms with Crippen LogP contribution in [-0.4, -0.2) is 16.3 Å². The van der Waals surface area contributed by atoms with Gasteiger partial charge in [0.1, 0.15) is 18.1 Å². The number of nitrogens with zero attached hydrogens (tertiary/aromatic N) is 2. The molecule has 0 saturated heterocycles. The Morgan fingerprint density at radius 3 is 2.90 bits per heavy atom. The van der Waals surface area contributed by atoms with Crippen LogP contribution < -0.4 is 10.5 Å². The third-order valence-corrected chi connectivity index (χ3v) is 4.29. The Morgan fingerprint density at radius 1 is 1.33 bits per heavy atom. The molecule has 1 aliphatic rings. The minimum Gasteiger partial charge on any atom is -0.487 e. The summed E-state index contributed by atoms with van der Waals surface area (Å²) < 4.78 is 7.92. The number of ether oxygens (including phenoxy) is 1. The number of aromatic nitrogens is 2. The standard InChI is InChI=1S/C17H23N3O/c1-20-16-9-5-6-13(10-11-18)17(16)15(19-20)12-21-14-7-3-2-4-8-14/h2-4,7-8,13H,5-6,9-12,18H2,1H3. The molecule has 21 heavy (non-hydrogen) atoms. The molecule has 112 valence electrons. The lowest BCUT2D eigenvalue weighted by molar-refractivity contribution is 0.297. The number of rotatable bonds is 5. The van der Waals surface area contributed by atoms with Gasteiger partial charge in [-0.2, -0.15) is 5.10 Å². The molecule has 0 saturated carbocycles. The van der Waals surface area contributed by atoms with Gasteiger partial charge < -0.3 is 10.5 Å². The molecule has 4 nitrogen and oxygen atoms in total. The number of benzene rings is 1. The summed E-state index contributed by atoms with van der Waals surface area (Å²) in [5, 5.41) is 4.69. The van der Waals surface area contributed by atoms with E-state index in [9.17, 15) is 0 Å². The van der Waals surface area contributed by atoms with Gasteiger partial charge >= 0.3 is 0 Å². The van der Waals surface area contributed by atoms with E-state index in [2.05, 4.69) is 0 Å². The fraction of sp³-hybridized carbons (Fsp3) is 0.471. The number of fused-ring (bicyclic) bond motifs is 1. The molecule has 2 N–H and O–H groups in total. The monoisotopic (exact) mass is 285 g/mol. The van der Waals surface area contributed by atoms with Crippen molar-refractivity contribution in [1.82, 2.24) is 9.78 Å². The Morgan fingerprint density at radius 2 is 2.14 bits per heavy atom. The summed E-state index contributed by atoms with van der Waals surface area (Å²) in [6, 6.07) is 9.92. The van der Waals surface area contributed by atoms with Crippen LogP contribution in [0, 0.1) is 0 Å². The van der Waals surface area contributed by atoms with E-state index in [-0.39, 0.29) is 0 Å². The summed E-state index contributed by atoms with van der Waals surface area (Å²) in [7, 11) is 2.04. The van der Waals surface area contributed by atoms with Crippen molar-refractivity contribution in [3.05, 3.63) is 47.3 Å². The van der Waals surface area contributed by atoms with Crippen LogP contribution in [0.4, 0.5) is 0 Å². The van der Waals surface area contributed by atoms with E-state index in [4.69, 9.17) is 15.6 Å². The van der Waals surface area contributed by atoms with Crippen molar-refractivity contribution in [3.8, 4) is 5.75 Å². The van der Waals surface area contributed by atoms with Gasteiger partial charge in [0.05, 0.1) is 0 Å². The molecule has 4 heteroatoms. The minimum atomic E-state index is 0.536. The first-order valence-electron chi connectivity index (χ1n) is 7.72. The fourth-order valence-electron chi connectivity index (χ4n) is 3.33. The van der Waals surface area contributed by atoms with E-state index in [1.165, 1.54) is 24.1 Å². The molecule has 0 amide bonds. The molecule has 1 aromatic heterocycles. The van der Waals surface area contributed by atoms with Gasteiger partial charge in [0.15, 0.2) is 0 Å². The maximum absolute atomic E-state index is 5.89. The smallest absolute Gasteiger partial charge is 0.132 e. The van der Waals surface area contributed by atoms with Crippen molar-refractivity contribution in [1.29, 1.82) is 0 Å². The predicted octanol–water partition coefficient (Wildman–Crippen LogP) is 2.77. The molecule has 0 spiro atoms. The lowest BCUT2D eigenvalue weighted by Gasteiger charge is -2.23. The first-order valence-corrected chi connectivity index (χ1v) is 7.72. The van der Waals surface area contributed by atoms with Crippen LogP contribution in [0.3, 0.4) is 0 Å². The quantitative estimate of drug-likeness (QED) is 0.919. The second kappa shape index (κ2) is 6.31. The van der Waals surface area contributed by atoms with Crippen molar-refractivity contribution in [2.75, 3.05) is 6.54 Å². The molecule has 1 atom stereocenters. The number of nitrogens with two attached hydrogens (primary N) is 1. The Hall–Kier alpha value is -1.81. The van der Waals surface area contributed by atoms with E-state index in [1.54, 1.807) is 0 Å². The van der Waals surface area contributed by atoms with E-state index in [0.717, 1.165) is 30.8 Å². The molecule has 1 heterocycles. The molecule has 0 fully saturated rings. The number of para-hydroxylation sites is 1. The lowest BCUT2D eigenvalue weighted by Crippen LogP contribution is -2.16. The van der Waals surface area contributed by atoms with Gasteiger partial charge in [-0.1, -0.05) is 18.2 Å². The van der Waals surface area contributed by atoms with Crippen LogP contribution in [-0.2, 0) is 20.1 Å². The van der Waals surface area contributed by atoms with Gasteiger partial charge in [0.25, 0.3) is 0 Å². The van der Waals surface area contributed by atoms with Gasteiger partial charge in [-0.25, -0.2) is 0 Å². The van der Waals surface area contributed by atoms with Gasteiger partial charge in [0.2, 0.25) is 0 Å². The normalized spacial score (nSPS) is 17.5. The van der Waals surface area contributed by atoms with Crippen LogP contribution in [0.25, 0.3) is 0 Å². The average Bonchev–Trinajstić information content (AvgIpc) is 2.84. The molecular weight excluding hydrogens is 262 g/mol. The molecule has 0 radical (unpaired) electrons. The van der Waals surface area contributed by atoms with Crippen LogP contribution in [0.5, 0.6) is 5.75 Å². The van der Waals surface area contributed by atoms with Gasteiger partial charge in [-0.15, -0.1) is 0 Å². The summed E-state index contributed by atoms with van der Waals surface area (Å²) in [6.07, 6.45) is 4.60. The molecule has 0 bridgehead atoms. The number of hydrogen-bond acceptors (Lipinski definition) is 3. The largest absolute Gasteiger partial charge is 0.487 e. The molecule has 0 aliphatic heterocycles. The predicted molar refractivity (Wildman–Crippen MR) is 83.3 cm³/mol. The van der Waals surface area contributed by atoms with Crippen molar-refractivity contribution >= 4 is 0 Å². The second-order valence-electron chi connectivity index (χ2n) is 5.70. The summed E-state index contributed by atoms with van der Waals surface area (Å²) in [6.45, 7) is 1.27. The van der Waals surface area contributed by atoms with E-state index in [0.29, 0.717) is 12.5 Å². The molecule has 3 rings (SSSR count). The Kier molecular flexibility index (Phi) is 4.25. The van der Waals surface area contributed by atoms with Crippen molar-refractivity contribution in [2.45, 2.75) is 38.2 Å². The van der Waals surface area contributed by atoms with E-state index in [1.807, 2.05) is 42.1 Å². The van der Waals surface area contributed by atoms with E-state index < -0.39 is 0 Å². The fourth-order valence-corrected chi connectivity index (χ4v) is 3.33. The van der Waals surface area contributed by atoms with Crippen LogP contribution >= 0.6 is 0 Å². The SMILES string of the molecule is Cn1nc(COc2ccccc2)c2c1CCCC2CCN. The highest BCUT2D eigenvalue weighted by Crippen LogP contribution is 2.36. The maximum atomic E-state index is 5.89. The summed E-state index contributed by atoms with van der Waals surface area (Å²) in [4.78, 5) is 0. The molecular formula is C17H23N3O. The highest BCUT2D eigenvalue weighted by molar-refractivity contribution is 5.33.